The number of ether oxygens (including phenoxy) is 1. The summed E-state index contributed by atoms with van der Waals surface area (Å²) >= 11 is 7.09. The van der Waals surface area contributed by atoms with E-state index in [9.17, 15) is 9.59 Å². The first-order valence-corrected chi connectivity index (χ1v) is 15.1. The Labute approximate surface area is 265 Å². The lowest BCUT2D eigenvalue weighted by Gasteiger charge is -2.17. The lowest BCUT2D eigenvalue weighted by Crippen LogP contribution is -2.35. The van der Waals surface area contributed by atoms with Crippen molar-refractivity contribution in [2.75, 3.05) is 19.0 Å². The summed E-state index contributed by atoms with van der Waals surface area (Å²) in [7, 11) is 3.23. The van der Waals surface area contributed by atoms with Crippen LogP contribution in [0.5, 0.6) is 5.88 Å². The van der Waals surface area contributed by atoms with Crippen molar-refractivity contribution in [2.45, 2.75) is 39.3 Å². The first kappa shape index (κ1) is 30.2. The summed E-state index contributed by atoms with van der Waals surface area (Å²) in [6.45, 7) is 5.14. The van der Waals surface area contributed by atoms with Gasteiger partial charge in [0.05, 0.1) is 29.4 Å². The normalized spacial score (nSPS) is 14.5. The molecule has 1 amide bonds. The van der Waals surface area contributed by atoms with E-state index < -0.39 is 0 Å². The Morgan fingerprint density at radius 1 is 1.04 bits per heavy atom. The Balaban J connectivity index is 1.29. The molecule has 0 unspecified atom stereocenters. The van der Waals surface area contributed by atoms with Crippen LogP contribution in [-0.2, 0) is 18.4 Å². The summed E-state index contributed by atoms with van der Waals surface area (Å²) in [4.78, 5) is 33.9. The number of methoxy groups -OCH3 is 1. The van der Waals surface area contributed by atoms with Crippen molar-refractivity contribution < 1.29 is 9.53 Å². The van der Waals surface area contributed by atoms with Gasteiger partial charge >= 0.3 is 0 Å². The third-order valence-electron chi connectivity index (χ3n) is 8.13. The van der Waals surface area contributed by atoms with Gasteiger partial charge in [-0.3, -0.25) is 9.59 Å². The number of anilines is 2. The molecule has 3 aromatic heterocycles. The van der Waals surface area contributed by atoms with Gasteiger partial charge in [0.15, 0.2) is 0 Å². The number of aryl methyl sites for hydroxylation is 2. The number of hydrogen-bond donors (Lipinski definition) is 3. The average molecular weight is 624 g/mol. The molecular weight excluding hydrogens is 590 g/mol. The maximum atomic E-state index is 13.0. The summed E-state index contributed by atoms with van der Waals surface area (Å²) in [5.74, 6) is 1.09. The first-order chi connectivity index (χ1) is 21.7. The maximum Gasteiger partial charge on any atom is 0.278 e. The number of hydrogen-bond acceptors (Lipinski definition) is 8. The summed E-state index contributed by atoms with van der Waals surface area (Å²) in [6, 6.07) is 17.7. The van der Waals surface area contributed by atoms with E-state index in [-0.39, 0.29) is 17.5 Å². The van der Waals surface area contributed by atoms with E-state index in [0.29, 0.717) is 47.3 Å². The fourth-order valence-corrected chi connectivity index (χ4v) is 6.07. The lowest BCUT2D eigenvalue weighted by molar-refractivity contribution is -0.119. The van der Waals surface area contributed by atoms with Crippen LogP contribution in [0.25, 0.3) is 33.2 Å². The van der Waals surface area contributed by atoms with E-state index in [1.807, 2.05) is 68.4 Å². The van der Waals surface area contributed by atoms with Crippen molar-refractivity contribution in [1.29, 1.82) is 0 Å². The Bertz CT molecular complexity index is 1990. The zero-order chi connectivity index (χ0) is 31.7. The number of carbonyl (C=O) groups is 1. The highest BCUT2D eigenvalue weighted by Gasteiger charge is 2.21. The van der Waals surface area contributed by atoms with Gasteiger partial charge in [0.1, 0.15) is 5.82 Å². The minimum Gasteiger partial charge on any atom is -0.481 e. The standard InChI is InChI=1S/C34H34ClN7O3/c1-19-15-22-17-37-42(3)34(44)30(22)32(38-19)40-27-10-6-7-24(20(27)2)25-8-5-9-26(31(25)35)28-13-11-21(33(41-28)45-4)16-36-18-23-12-14-29(43)39-23/h5-11,13,15,17,23,36H,12,14,16,18H2,1-4H3,(H,38,40)(H,39,43)/t23-/m1/s1. The molecular formula is C34H34ClN7O3. The number of benzene rings is 2. The fraction of sp³-hybridized carbons (Fsp3) is 0.265. The number of rotatable bonds is 9. The molecule has 4 heterocycles. The number of halogens is 1. The molecule has 1 atom stereocenters. The monoisotopic (exact) mass is 623 g/mol. The van der Waals surface area contributed by atoms with Crippen molar-refractivity contribution in [3.05, 3.63) is 93.0 Å². The first-order valence-electron chi connectivity index (χ1n) is 14.8. The van der Waals surface area contributed by atoms with Crippen LogP contribution in [0.2, 0.25) is 5.02 Å². The summed E-state index contributed by atoms with van der Waals surface area (Å²) < 4.78 is 6.95. The van der Waals surface area contributed by atoms with Gasteiger partial charge in [-0.05, 0) is 49.6 Å². The molecule has 3 N–H and O–H groups in total. The summed E-state index contributed by atoms with van der Waals surface area (Å²) in [6.07, 6.45) is 3.09. The van der Waals surface area contributed by atoms with Crippen molar-refractivity contribution in [3.63, 3.8) is 0 Å². The third kappa shape index (κ3) is 6.11. The molecule has 230 valence electrons. The predicted molar refractivity (Wildman–Crippen MR) is 177 cm³/mol. The van der Waals surface area contributed by atoms with Crippen LogP contribution in [0.1, 0.15) is 29.7 Å². The van der Waals surface area contributed by atoms with Crippen LogP contribution in [0.15, 0.2) is 65.6 Å². The maximum absolute atomic E-state index is 13.0. The Kier molecular flexibility index (Phi) is 8.51. The highest BCUT2D eigenvalue weighted by Crippen LogP contribution is 2.40. The van der Waals surface area contributed by atoms with Gasteiger partial charge in [0, 0.05) is 66.1 Å². The topological polar surface area (TPSA) is 123 Å². The smallest absolute Gasteiger partial charge is 0.278 e. The molecule has 6 rings (SSSR count). The predicted octanol–water partition coefficient (Wildman–Crippen LogP) is 5.45. The van der Waals surface area contributed by atoms with Gasteiger partial charge in [0.2, 0.25) is 11.8 Å². The van der Waals surface area contributed by atoms with Crippen molar-refractivity contribution in [3.8, 4) is 28.3 Å². The minimum absolute atomic E-state index is 0.101. The number of aromatic nitrogens is 4. The minimum atomic E-state index is -0.223. The number of pyridine rings is 2. The molecule has 0 spiro atoms. The second kappa shape index (κ2) is 12.7. The van der Waals surface area contributed by atoms with E-state index in [1.54, 1.807) is 20.4 Å². The average Bonchev–Trinajstić information content (AvgIpc) is 3.45. The second-order valence-corrected chi connectivity index (χ2v) is 11.6. The van der Waals surface area contributed by atoms with Crippen LogP contribution in [0, 0.1) is 13.8 Å². The summed E-state index contributed by atoms with van der Waals surface area (Å²) in [5.41, 5.74) is 6.47. The molecule has 0 bridgehead atoms. The molecule has 0 aliphatic carbocycles. The molecule has 1 aliphatic heterocycles. The van der Waals surface area contributed by atoms with Gasteiger partial charge in [-0.1, -0.05) is 48.0 Å². The number of nitrogens with zero attached hydrogens (tertiary/aromatic N) is 4. The van der Waals surface area contributed by atoms with Gasteiger partial charge in [-0.15, -0.1) is 0 Å². The summed E-state index contributed by atoms with van der Waals surface area (Å²) in [5, 5.41) is 15.7. The second-order valence-electron chi connectivity index (χ2n) is 11.2. The van der Waals surface area contributed by atoms with Crippen LogP contribution in [0.4, 0.5) is 11.5 Å². The highest BCUT2D eigenvalue weighted by molar-refractivity contribution is 6.36. The molecule has 1 saturated heterocycles. The molecule has 0 saturated carbocycles. The van der Waals surface area contributed by atoms with E-state index in [1.165, 1.54) is 4.68 Å². The zero-order valence-corrected chi connectivity index (χ0v) is 26.3. The molecule has 5 aromatic rings. The van der Waals surface area contributed by atoms with E-state index >= 15 is 0 Å². The Morgan fingerprint density at radius 3 is 2.60 bits per heavy atom. The van der Waals surface area contributed by atoms with Crippen LogP contribution < -0.4 is 26.2 Å². The van der Waals surface area contributed by atoms with Crippen molar-refractivity contribution in [2.24, 2.45) is 7.05 Å². The Hall–Kier alpha value is -4.80. The lowest BCUT2D eigenvalue weighted by atomic mass is 9.96. The van der Waals surface area contributed by atoms with Gasteiger partial charge in [0.25, 0.3) is 5.56 Å². The SMILES string of the molecule is COc1nc(-c2cccc(-c3cccc(Nc4nc(C)cc5cnn(C)c(=O)c45)c3C)c2Cl)ccc1CNC[C@H]1CCC(=O)N1. The van der Waals surface area contributed by atoms with Crippen molar-refractivity contribution in [1.82, 2.24) is 30.4 Å². The fourth-order valence-electron chi connectivity index (χ4n) is 5.75. The number of fused-ring (bicyclic) bond motifs is 1. The van der Waals surface area contributed by atoms with E-state index in [2.05, 4.69) is 26.0 Å². The van der Waals surface area contributed by atoms with Crippen LogP contribution in [0.3, 0.4) is 0 Å². The third-order valence-corrected chi connectivity index (χ3v) is 8.54. The molecule has 0 radical (unpaired) electrons. The molecule has 11 heteroatoms. The zero-order valence-electron chi connectivity index (χ0n) is 25.6. The van der Waals surface area contributed by atoms with Crippen molar-refractivity contribution >= 4 is 39.8 Å². The molecule has 45 heavy (non-hydrogen) atoms. The Morgan fingerprint density at radius 2 is 1.82 bits per heavy atom. The van der Waals surface area contributed by atoms with Gasteiger partial charge in [-0.2, -0.15) is 5.10 Å². The number of carbonyl (C=O) groups excluding carboxylic acids is 1. The number of nitrogens with one attached hydrogen (secondary N) is 3. The van der Waals surface area contributed by atoms with Crippen LogP contribution >= 0.6 is 11.6 Å². The molecule has 10 nitrogen and oxygen atoms in total. The van der Waals surface area contributed by atoms with E-state index in [4.69, 9.17) is 21.3 Å². The quantitative estimate of drug-likeness (QED) is 0.198. The highest BCUT2D eigenvalue weighted by atomic mass is 35.5. The number of amides is 1. The van der Waals surface area contributed by atoms with Crippen LogP contribution in [-0.4, -0.2) is 45.4 Å². The molecule has 1 aliphatic rings. The van der Waals surface area contributed by atoms with Gasteiger partial charge in [-0.25, -0.2) is 14.6 Å². The molecule has 1 fully saturated rings. The van der Waals surface area contributed by atoms with E-state index in [0.717, 1.165) is 51.0 Å². The largest absolute Gasteiger partial charge is 0.481 e. The van der Waals surface area contributed by atoms with Gasteiger partial charge < -0.3 is 20.7 Å². The molecule has 2 aromatic carbocycles.